The second-order valence-electron chi connectivity index (χ2n) is 5.09. The second kappa shape index (κ2) is 5.49. The fourth-order valence-corrected chi connectivity index (χ4v) is 2.98. The minimum absolute atomic E-state index is 0.142. The molecule has 0 radical (unpaired) electrons. The molecule has 2 atom stereocenters. The van der Waals surface area contributed by atoms with E-state index in [1.807, 2.05) is 13.0 Å². The number of alkyl halides is 1. The van der Waals surface area contributed by atoms with Crippen molar-refractivity contribution in [2.24, 2.45) is 5.92 Å². The van der Waals surface area contributed by atoms with E-state index in [4.69, 9.17) is 0 Å². The van der Waals surface area contributed by atoms with Crippen LogP contribution >= 0.6 is 15.9 Å². The van der Waals surface area contributed by atoms with Crippen LogP contribution in [0.15, 0.2) is 18.2 Å². The smallest absolute Gasteiger partial charge is 0.123 e. The van der Waals surface area contributed by atoms with Crippen molar-refractivity contribution in [3.05, 3.63) is 35.1 Å². The summed E-state index contributed by atoms with van der Waals surface area (Å²) < 4.78 is 13.0. The number of likely N-dealkylation sites (tertiary alicyclic amines) is 1. The molecule has 1 aromatic rings. The SMILES string of the molecule is Cc1cc(F)ccc1CN1CCC(C)C(Br)C1. The lowest BCUT2D eigenvalue weighted by Crippen LogP contribution is -2.39. The molecule has 0 bridgehead atoms. The molecule has 0 saturated carbocycles. The van der Waals surface area contributed by atoms with Gasteiger partial charge in [0.15, 0.2) is 0 Å². The fourth-order valence-electron chi connectivity index (χ4n) is 2.31. The molecule has 0 N–H and O–H groups in total. The van der Waals surface area contributed by atoms with Crippen LogP contribution in [0.25, 0.3) is 0 Å². The summed E-state index contributed by atoms with van der Waals surface area (Å²) in [6, 6.07) is 5.08. The van der Waals surface area contributed by atoms with Crippen molar-refractivity contribution in [2.45, 2.75) is 31.6 Å². The lowest BCUT2D eigenvalue weighted by Gasteiger charge is -2.34. The molecule has 1 aliphatic heterocycles. The van der Waals surface area contributed by atoms with Gasteiger partial charge in [0.1, 0.15) is 5.82 Å². The van der Waals surface area contributed by atoms with E-state index in [1.165, 1.54) is 12.0 Å². The van der Waals surface area contributed by atoms with Gasteiger partial charge < -0.3 is 0 Å². The monoisotopic (exact) mass is 299 g/mol. The molecule has 1 saturated heterocycles. The van der Waals surface area contributed by atoms with Crippen LogP contribution in [0.1, 0.15) is 24.5 Å². The minimum atomic E-state index is -0.142. The van der Waals surface area contributed by atoms with Crippen molar-refractivity contribution in [3.8, 4) is 0 Å². The predicted molar refractivity (Wildman–Crippen MR) is 72.9 cm³/mol. The first-order valence-electron chi connectivity index (χ1n) is 6.17. The third-order valence-corrected chi connectivity index (χ3v) is 4.84. The van der Waals surface area contributed by atoms with E-state index in [0.29, 0.717) is 4.83 Å². The van der Waals surface area contributed by atoms with Gasteiger partial charge in [0.05, 0.1) is 0 Å². The van der Waals surface area contributed by atoms with Crippen molar-refractivity contribution in [3.63, 3.8) is 0 Å². The number of benzene rings is 1. The Labute approximate surface area is 111 Å². The predicted octanol–water partition coefficient (Wildman–Crippen LogP) is 3.74. The summed E-state index contributed by atoms with van der Waals surface area (Å²) in [7, 11) is 0. The minimum Gasteiger partial charge on any atom is -0.298 e. The molecule has 1 heterocycles. The Kier molecular flexibility index (Phi) is 4.21. The Morgan fingerprint density at radius 2 is 2.24 bits per heavy atom. The largest absolute Gasteiger partial charge is 0.298 e. The molecule has 1 aromatic carbocycles. The summed E-state index contributed by atoms with van der Waals surface area (Å²) in [5.74, 6) is 0.609. The Balaban J connectivity index is 2.01. The Morgan fingerprint density at radius 3 is 2.88 bits per heavy atom. The average Bonchev–Trinajstić information content (AvgIpc) is 2.27. The number of hydrogen-bond acceptors (Lipinski definition) is 1. The topological polar surface area (TPSA) is 3.24 Å². The standard InChI is InChI=1S/C14H19BrFN/c1-10-5-6-17(9-14(10)15)8-12-3-4-13(16)7-11(12)2/h3-4,7,10,14H,5-6,8-9H2,1-2H3. The first-order chi connectivity index (χ1) is 8.06. The van der Waals surface area contributed by atoms with Crippen molar-refractivity contribution in [1.29, 1.82) is 0 Å². The van der Waals surface area contributed by atoms with Gasteiger partial charge in [-0.15, -0.1) is 0 Å². The van der Waals surface area contributed by atoms with E-state index >= 15 is 0 Å². The second-order valence-corrected chi connectivity index (χ2v) is 6.26. The fraction of sp³-hybridized carbons (Fsp3) is 0.571. The molecule has 3 heteroatoms. The van der Waals surface area contributed by atoms with E-state index in [9.17, 15) is 4.39 Å². The highest BCUT2D eigenvalue weighted by Gasteiger charge is 2.24. The zero-order valence-electron chi connectivity index (χ0n) is 10.4. The van der Waals surface area contributed by atoms with Crippen LogP contribution < -0.4 is 0 Å². The zero-order valence-corrected chi connectivity index (χ0v) is 12.0. The molecule has 2 rings (SSSR count). The van der Waals surface area contributed by atoms with Crippen molar-refractivity contribution >= 4 is 15.9 Å². The van der Waals surface area contributed by atoms with Crippen molar-refractivity contribution in [1.82, 2.24) is 4.90 Å². The van der Waals surface area contributed by atoms with E-state index in [0.717, 1.165) is 31.1 Å². The summed E-state index contributed by atoms with van der Waals surface area (Å²) in [6.07, 6.45) is 1.23. The summed E-state index contributed by atoms with van der Waals surface area (Å²) >= 11 is 3.74. The number of nitrogens with zero attached hydrogens (tertiary/aromatic N) is 1. The zero-order chi connectivity index (χ0) is 12.4. The number of halogens is 2. The maximum Gasteiger partial charge on any atom is 0.123 e. The van der Waals surface area contributed by atoms with Gasteiger partial charge in [-0.3, -0.25) is 4.90 Å². The third-order valence-electron chi connectivity index (χ3n) is 3.65. The van der Waals surface area contributed by atoms with Crippen LogP contribution in [0.2, 0.25) is 0 Å². The highest BCUT2D eigenvalue weighted by Crippen LogP contribution is 2.25. The molecular weight excluding hydrogens is 281 g/mol. The number of rotatable bonds is 2. The van der Waals surface area contributed by atoms with Crippen LogP contribution in [0, 0.1) is 18.7 Å². The third kappa shape index (κ3) is 3.29. The lowest BCUT2D eigenvalue weighted by molar-refractivity contribution is 0.193. The van der Waals surface area contributed by atoms with Crippen LogP contribution in [0.4, 0.5) is 4.39 Å². The van der Waals surface area contributed by atoms with Gasteiger partial charge in [0.2, 0.25) is 0 Å². The first kappa shape index (κ1) is 13.0. The average molecular weight is 300 g/mol. The van der Waals surface area contributed by atoms with Crippen molar-refractivity contribution in [2.75, 3.05) is 13.1 Å². The maximum atomic E-state index is 13.0. The Bertz CT molecular complexity index is 394. The molecule has 0 amide bonds. The molecule has 0 spiro atoms. The van der Waals surface area contributed by atoms with Gasteiger partial charge >= 0.3 is 0 Å². The molecule has 94 valence electrons. The van der Waals surface area contributed by atoms with E-state index in [1.54, 1.807) is 12.1 Å². The summed E-state index contributed by atoms with van der Waals surface area (Å²) in [4.78, 5) is 3.02. The summed E-state index contributed by atoms with van der Waals surface area (Å²) in [5, 5.41) is 0. The van der Waals surface area contributed by atoms with Crippen LogP contribution in [-0.2, 0) is 6.54 Å². The van der Waals surface area contributed by atoms with Gasteiger partial charge in [0, 0.05) is 17.9 Å². The number of aryl methyl sites for hydroxylation is 1. The Morgan fingerprint density at radius 1 is 1.47 bits per heavy atom. The quantitative estimate of drug-likeness (QED) is 0.752. The molecular formula is C14H19BrFN. The maximum absolute atomic E-state index is 13.0. The normalized spacial score (nSPS) is 26.1. The highest BCUT2D eigenvalue weighted by atomic mass is 79.9. The molecule has 1 nitrogen and oxygen atoms in total. The molecule has 2 unspecified atom stereocenters. The molecule has 17 heavy (non-hydrogen) atoms. The number of piperidine rings is 1. The van der Waals surface area contributed by atoms with Crippen LogP contribution in [0.3, 0.4) is 0 Å². The highest BCUT2D eigenvalue weighted by molar-refractivity contribution is 9.09. The van der Waals surface area contributed by atoms with Gasteiger partial charge in [-0.2, -0.15) is 0 Å². The lowest BCUT2D eigenvalue weighted by atomic mass is 9.98. The van der Waals surface area contributed by atoms with Gasteiger partial charge in [-0.1, -0.05) is 28.9 Å². The summed E-state index contributed by atoms with van der Waals surface area (Å²) in [6.45, 7) is 7.43. The number of hydrogen-bond donors (Lipinski definition) is 0. The first-order valence-corrected chi connectivity index (χ1v) is 7.09. The van der Waals surface area contributed by atoms with Crippen molar-refractivity contribution < 1.29 is 4.39 Å². The molecule has 1 fully saturated rings. The molecule has 0 aliphatic carbocycles. The van der Waals surface area contributed by atoms with E-state index in [2.05, 4.69) is 27.8 Å². The summed E-state index contributed by atoms with van der Waals surface area (Å²) in [5.41, 5.74) is 2.29. The van der Waals surface area contributed by atoms with Gasteiger partial charge in [-0.05, 0) is 49.1 Å². The van der Waals surface area contributed by atoms with E-state index < -0.39 is 0 Å². The van der Waals surface area contributed by atoms with Gasteiger partial charge in [-0.25, -0.2) is 4.39 Å². The Hall–Kier alpha value is -0.410. The van der Waals surface area contributed by atoms with Crippen LogP contribution in [0.5, 0.6) is 0 Å². The molecule has 0 aromatic heterocycles. The van der Waals surface area contributed by atoms with Gasteiger partial charge in [0.25, 0.3) is 0 Å². The van der Waals surface area contributed by atoms with Crippen LogP contribution in [-0.4, -0.2) is 22.8 Å². The van der Waals surface area contributed by atoms with E-state index in [-0.39, 0.29) is 5.82 Å². The molecule has 1 aliphatic rings.